The lowest BCUT2D eigenvalue weighted by molar-refractivity contribution is 0.180. The monoisotopic (exact) mass is 406 g/mol. The Morgan fingerprint density at radius 3 is 2.41 bits per heavy atom. The number of aryl methyl sites for hydroxylation is 2. The van der Waals surface area contributed by atoms with Crippen LogP contribution in [0, 0.1) is 0 Å². The van der Waals surface area contributed by atoms with Crippen molar-refractivity contribution in [1.82, 2.24) is 10.2 Å². The number of fused-ring (bicyclic) bond motifs is 1. The molecular formula is C21H30N2O6. The summed E-state index contributed by atoms with van der Waals surface area (Å²) >= 11 is 0. The third-order valence-electron chi connectivity index (χ3n) is 4.73. The molecule has 1 saturated heterocycles. The van der Waals surface area contributed by atoms with Gasteiger partial charge in [-0.15, -0.1) is 0 Å². The Morgan fingerprint density at radius 2 is 1.76 bits per heavy atom. The molecular weight excluding hydrogens is 376 g/mol. The predicted octanol–water partition coefficient (Wildman–Crippen LogP) is 0.602. The van der Waals surface area contributed by atoms with Crippen molar-refractivity contribution in [3.05, 3.63) is 57.6 Å². The van der Waals surface area contributed by atoms with E-state index in [1.807, 2.05) is 12.1 Å². The average Bonchev–Trinajstić information content (AvgIpc) is 3.20. The van der Waals surface area contributed by atoms with Crippen LogP contribution in [0.4, 0.5) is 0 Å². The summed E-state index contributed by atoms with van der Waals surface area (Å²) in [5, 5.41) is 38.0. The van der Waals surface area contributed by atoms with Crippen LogP contribution in [0.2, 0.25) is 0 Å². The Hall–Kier alpha value is -2.39. The maximum Gasteiger partial charge on any atom is 0.226 e. The molecule has 29 heavy (non-hydrogen) atoms. The Kier molecular flexibility index (Phi) is 9.66. The second-order valence-corrected chi connectivity index (χ2v) is 6.88. The van der Waals surface area contributed by atoms with E-state index in [0.29, 0.717) is 12.4 Å². The molecule has 5 N–H and O–H groups in total. The lowest BCUT2D eigenvalue weighted by atomic mass is 10.1. The summed E-state index contributed by atoms with van der Waals surface area (Å²) in [5.74, 6) is 0.0978. The zero-order valence-electron chi connectivity index (χ0n) is 16.5. The minimum absolute atomic E-state index is 0.141. The van der Waals surface area contributed by atoms with Crippen molar-refractivity contribution in [3.8, 4) is 11.5 Å². The zero-order chi connectivity index (χ0) is 21.1. The number of hydrogen-bond donors (Lipinski definition) is 5. The van der Waals surface area contributed by atoms with Crippen molar-refractivity contribution < 1.29 is 24.8 Å². The zero-order valence-corrected chi connectivity index (χ0v) is 16.5. The molecule has 1 aliphatic heterocycles. The van der Waals surface area contributed by atoms with Crippen molar-refractivity contribution in [2.75, 3.05) is 39.3 Å². The van der Waals surface area contributed by atoms with Crippen LogP contribution in [-0.4, -0.2) is 64.7 Å². The van der Waals surface area contributed by atoms with Gasteiger partial charge in [0.2, 0.25) is 5.43 Å². The summed E-state index contributed by atoms with van der Waals surface area (Å²) in [7, 11) is 0. The highest BCUT2D eigenvalue weighted by Crippen LogP contribution is 2.24. The van der Waals surface area contributed by atoms with E-state index in [-0.39, 0.29) is 12.4 Å². The second-order valence-electron chi connectivity index (χ2n) is 6.88. The summed E-state index contributed by atoms with van der Waals surface area (Å²) in [6.45, 7) is 5.10. The Morgan fingerprint density at radius 1 is 1.03 bits per heavy atom. The van der Waals surface area contributed by atoms with Gasteiger partial charge in [-0.25, -0.2) is 0 Å². The topological polar surface area (TPSA) is 126 Å². The molecule has 2 heterocycles. The fourth-order valence-electron chi connectivity index (χ4n) is 3.16. The number of aliphatic hydroxyl groups is 2. The van der Waals surface area contributed by atoms with Crippen LogP contribution in [0.25, 0.3) is 0 Å². The number of aromatic hydroxyl groups is 2. The van der Waals surface area contributed by atoms with E-state index < -0.39 is 11.2 Å². The molecule has 0 bridgehead atoms. The molecule has 2 aromatic rings. The van der Waals surface area contributed by atoms with Crippen LogP contribution < -0.4 is 10.7 Å². The highest BCUT2D eigenvalue weighted by Gasteiger charge is 2.09. The molecule has 8 nitrogen and oxygen atoms in total. The first-order valence-corrected chi connectivity index (χ1v) is 9.79. The van der Waals surface area contributed by atoms with Gasteiger partial charge in [-0.05, 0) is 42.5 Å². The van der Waals surface area contributed by atoms with Crippen molar-refractivity contribution >= 4 is 0 Å². The normalized spacial score (nSPS) is 15.5. The first-order chi connectivity index (χ1) is 14.0. The lowest BCUT2D eigenvalue weighted by Crippen LogP contribution is -2.44. The van der Waals surface area contributed by atoms with Gasteiger partial charge in [-0.2, -0.15) is 0 Å². The van der Waals surface area contributed by atoms with E-state index in [0.717, 1.165) is 51.5 Å². The summed E-state index contributed by atoms with van der Waals surface area (Å²) < 4.78 is 4.59. The van der Waals surface area contributed by atoms with Crippen molar-refractivity contribution in [3.63, 3.8) is 0 Å². The predicted molar refractivity (Wildman–Crippen MR) is 109 cm³/mol. The first-order valence-electron chi connectivity index (χ1n) is 9.79. The average molecular weight is 406 g/mol. The third-order valence-corrected chi connectivity index (χ3v) is 4.73. The smallest absolute Gasteiger partial charge is 0.226 e. The molecule has 4 rings (SSSR count). The molecule has 0 amide bonds. The van der Waals surface area contributed by atoms with Gasteiger partial charge < -0.3 is 30.2 Å². The Bertz CT molecular complexity index is 799. The summed E-state index contributed by atoms with van der Waals surface area (Å²) in [5.41, 5.74) is 2.20. The first kappa shape index (κ1) is 22.9. The van der Waals surface area contributed by atoms with Crippen LogP contribution in [-0.2, 0) is 19.4 Å². The van der Waals surface area contributed by atoms with Crippen molar-refractivity contribution in [1.29, 1.82) is 0 Å². The summed E-state index contributed by atoms with van der Waals surface area (Å²) in [6, 6.07) is 6.71. The molecule has 1 aliphatic carbocycles. The van der Waals surface area contributed by atoms with Crippen LogP contribution in [0.1, 0.15) is 23.3 Å². The highest BCUT2D eigenvalue weighted by atomic mass is 16.4. The van der Waals surface area contributed by atoms with Crippen LogP contribution in [0.15, 0.2) is 39.7 Å². The molecule has 1 aromatic carbocycles. The minimum atomic E-state index is -0.546. The van der Waals surface area contributed by atoms with E-state index in [1.54, 1.807) is 6.07 Å². The fourth-order valence-corrected chi connectivity index (χ4v) is 3.16. The van der Waals surface area contributed by atoms with Gasteiger partial charge in [0.15, 0.2) is 5.75 Å². The number of rotatable bonds is 3. The molecule has 0 unspecified atom stereocenters. The maximum absolute atomic E-state index is 10.6. The third kappa shape index (κ3) is 7.86. The quantitative estimate of drug-likeness (QED) is 0.502. The summed E-state index contributed by atoms with van der Waals surface area (Å²) in [6.07, 6.45) is 4.48. The Labute approximate surface area is 170 Å². The molecule has 0 atom stereocenters. The highest BCUT2D eigenvalue weighted by molar-refractivity contribution is 5.37. The van der Waals surface area contributed by atoms with E-state index in [2.05, 4.69) is 14.6 Å². The molecule has 2 aliphatic rings. The molecule has 1 fully saturated rings. The minimum Gasteiger partial charge on any atom is -0.508 e. The molecule has 8 heteroatoms. The molecule has 0 spiro atoms. The van der Waals surface area contributed by atoms with Gasteiger partial charge in [0.1, 0.15) is 24.4 Å². The van der Waals surface area contributed by atoms with Crippen molar-refractivity contribution in [2.45, 2.75) is 25.9 Å². The van der Waals surface area contributed by atoms with Gasteiger partial charge in [-0.1, -0.05) is 6.07 Å². The summed E-state index contributed by atoms with van der Waals surface area (Å²) in [4.78, 5) is 12.8. The van der Waals surface area contributed by atoms with Gasteiger partial charge in [-0.3, -0.25) is 9.69 Å². The molecule has 0 radical (unpaired) electrons. The van der Waals surface area contributed by atoms with Crippen molar-refractivity contribution in [2.24, 2.45) is 0 Å². The maximum atomic E-state index is 10.6. The Balaban J connectivity index is 0.000000156. The number of aliphatic hydroxyl groups excluding tert-OH is 2. The van der Waals surface area contributed by atoms with Gasteiger partial charge in [0.05, 0.1) is 6.61 Å². The van der Waals surface area contributed by atoms with E-state index in [4.69, 9.17) is 20.4 Å². The van der Waals surface area contributed by atoms with E-state index in [9.17, 15) is 4.79 Å². The number of phenolic OH excluding ortho intramolecular Hbond substituents is 1. The molecule has 1 aromatic heterocycles. The van der Waals surface area contributed by atoms with E-state index in [1.165, 1.54) is 24.0 Å². The SMILES string of the molecule is O=c1cc(CO)occ1O.OCCN1CCNCC1.Oc1ccc2c(c1)CCC2. The number of hydrogen-bond acceptors (Lipinski definition) is 8. The van der Waals surface area contributed by atoms with Crippen LogP contribution in [0.5, 0.6) is 11.5 Å². The number of nitrogens with zero attached hydrogens (tertiary/aromatic N) is 1. The number of nitrogens with one attached hydrogen (secondary N) is 1. The molecule has 160 valence electrons. The molecule has 0 saturated carbocycles. The standard InChI is InChI=1S/C9H10O.C6H14N2O.C6H6O4/c10-9-5-4-7-2-1-3-8(7)6-9;9-6-5-8-3-1-7-2-4-8;7-2-4-1-5(8)6(9)3-10-4/h4-6,10H,1-3H2;7,9H,1-6H2;1,3,7,9H,2H2. The van der Waals surface area contributed by atoms with E-state index >= 15 is 0 Å². The lowest BCUT2D eigenvalue weighted by Gasteiger charge is -2.25. The van der Waals surface area contributed by atoms with Gasteiger partial charge in [0, 0.05) is 38.8 Å². The van der Waals surface area contributed by atoms with Crippen LogP contribution >= 0.6 is 0 Å². The van der Waals surface area contributed by atoms with Gasteiger partial charge in [0.25, 0.3) is 0 Å². The number of piperazine rings is 1. The largest absolute Gasteiger partial charge is 0.508 e. The number of β-amino-alcohol motifs (C(OH)–C–C–N with tert-alkyl or cyclic N) is 1. The number of benzene rings is 1. The van der Waals surface area contributed by atoms with Gasteiger partial charge >= 0.3 is 0 Å². The fraction of sp³-hybridized carbons (Fsp3) is 0.476. The second kappa shape index (κ2) is 12.2. The number of phenols is 1. The van der Waals surface area contributed by atoms with Crippen LogP contribution in [0.3, 0.4) is 0 Å².